The predicted molar refractivity (Wildman–Crippen MR) is 97.2 cm³/mol. The van der Waals surface area contributed by atoms with Crippen molar-refractivity contribution in [2.75, 3.05) is 12.8 Å². The quantitative estimate of drug-likeness (QED) is 0.713. The SMILES string of the molecule is Cc1cc(Br)ccc1SCC(=O)N(C)Cc1ccc(C#N)cc1. The van der Waals surface area contributed by atoms with Crippen LogP contribution in [-0.4, -0.2) is 23.6 Å². The molecule has 2 rings (SSSR count). The summed E-state index contributed by atoms with van der Waals surface area (Å²) < 4.78 is 1.05. The van der Waals surface area contributed by atoms with E-state index in [-0.39, 0.29) is 5.91 Å². The summed E-state index contributed by atoms with van der Waals surface area (Å²) in [6.45, 7) is 2.59. The van der Waals surface area contributed by atoms with Gasteiger partial charge in [-0.05, 0) is 48.4 Å². The van der Waals surface area contributed by atoms with E-state index in [1.807, 2.05) is 37.3 Å². The van der Waals surface area contributed by atoms with Crippen LogP contribution in [0.4, 0.5) is 0 Å². The molecule has 3 nitrogen and oxygen atoms in total. The molecule has 118 valence electrons. The summed E-state index contributed by atoms with van der Waals surface area (Å²) in [5, 5.41) is 8.80. The van der Waals surface area contributed by atoms with Crippen LogP contribution in [0.1, 0.15) is 16.7 Å². The van der Waals surface area contributed by atoms with Gasteiger partial charge in [-0.15, -0.1) is 11.8 Å². The Balaban J connectivity index is 1.90. The topological polar surface area (TPSA) is 44.1 Å². The first-order valence-electron chi connectivity index (χ1n) is 7.11. The maximum atomic E-state index is 12.3. The second-order valence-corrected chi connectivity index (χ2v) is 7.19. The van der Waals surface area contributed by atoms with Gasteiger partial charge < -0.3 is 4.90 Å². The van der Waals surface area contributed by atoms with Crippen LogP contribution >= 0.6 is 27.7 Å². The third-order valence-corrected chi connectivity index (χ3v) is 5.07. The molecule has 0 aliphatic heterocycles. The summed E-state index contributed by atoms with van der Waals surface area (Å²) in [6.07, 6.45) is 0. The first kappa shape index (κ1) is 17.6. The van der Waals surface area contributed by atoms with E-state index in [2.05, 4.69) is 22.0 Å². The fourth-order valence-corrected chi connectivity index (χ4v) is 3.50. The molecule has 2 aromatic rings. The van der Waals surface area contributed by atoms with Crippen molar-refractivity contribution in [2.24, 2.45) is 0 Å². The van der Waals surface area contributed by atoms with Gasteiger partial charge >= 0.3 is 0 Å². The number of thioether (sulfide) groups is 1. The van der Waals surface area contributed by atoms with Crippen LogP contribution in [0.5, 0.6) is 0 Å². The van der Waals surface area contributed by atoms with Crippen LogP contribution in [0.2, 0.25) is 0 Å². The highest BCUT2D eigenvalue weighted by molar-refractivity contribution is 9.10. The van der Waals surface area contributed by atoms with Gasteiger partial charge in [0.05, 0.1) is 17.4 Å². The molecule has 23 heavy (non-hydrogen) atoms. The van der Waals surface area contributed by atoms with Crippen LogP contribution in [-0.2, 0) is 11.3 Å². The van der Waals surface area contributed by atoms with Gasteiger partial charge in [-0.1, -0.05) is 28.1 Å². The Morgan fingerprint density at radius 2 is 1.96 bits per heavy atom. The molecular weight excluding hydrogens is 372 g/mol. The van der Waals surface area contributed by atoms with E-state index in [0.29, 0.717) is 17.9 Å². The number of hydrogen-bond acceptors (Lipinski definition) is 3. The average Bonchev–Trinajstić information content (AvgIpc) is 2.54. The smallest absolute Gasteiger partial charge is 0.232 e. The molecule has 0 fully saturated rings. The third kappa shape index (κ3) is 5.12. The molecule has 5 heteroatoms. The number of amides is 1. The number of carbonyl (C=O) groups is 1. The lowest BCUT2D eigenvalue weighted by molar-refractivity contribution is -0.127. The Labute approximate surface area is 149 Å². The summed E-state index contributed by atoms with van der Waals surface area (Å²) in [4.78, 5) is 15.1. The van der Waals surface area contributed by atoms with E-state index in [1.165, 1.54) is 0 Å². The number of aryl methyl sites for hydroxylation is 1. The predicted octanol–water partition coefficient (Wildman–Crippen LogP) is 4.38. The van der Waals surface area contributed by atoms with Crippen LogP contribution in [0.25, 0.3) is 0 Å². The number of rotatable bonds is 5. The van der Waals surface area contributed by atoms with E-state index in [4.69, 9.17) is 5.26 Å². The molecule has 1 amide bonds. The number of halogens is 1. The molecule has 0 saturated carbocycles. The van der Waals surface area contributed by atoms with Crippen LogP contribution in [0.15, 0.2) is 51.8 Å². The summed E-state index contributed by atoms with van der Waals surface area (Å²) >= 11 is 5.00. The van der Waals surface area contributed by atoms with E-state index in [1.54, 1.807) is 35.8 Å². The van der Waals surface area contributed by atoms with Gasteiger partial charge in [0.25, 0.3) is 0 Å². The largest absolute Gasteiger partial charge is 0.341 e. The van der Waals surface area contributed by atoms with E-state index in [0.717, 1.165) is 20.5 Å². The van der Waals surface area contributed by atoms with E-state index >= 15 is 0 Å². The summed E-state index contributed by atoms with van der Waals surface area (Å²) in [6, 6.07) is 15.5. The van der Waals surface area contributed by atoms with Gasteiger partial charge in [0.1, 0.15) is 0 Å². The zero-order chi connectivity index (χ0) is 16.8. The van der Waals surface area contributed by atoms with Gasteiger partial charge in [-0.25, -0.2) is 0 Å². The Morgan fingerprint density at radius 3 is 2.57 bits per heavy atom. The standard InChI is InChI=1S/C18H17BrN2OS/c1-13-9-16(19)7-8-17(13)23-12-18(22)21(2)11-15-5-3-14(10-20)4-6-15/h3-9H,11-12H2,1-2H3. The molecule has 0 aromatic heterocycles. The number of nitriles is 1. The molecule has 0 spiro atoms. The zero-order valence-corrected chi connectivity index (χ0v) is 15.4. The molecule has 0 aliphatic carbocycles. The van der Waals surface area contributed by atoms with Crippen molar-refractivity contribution in [3.8, 4) is 6.07 Å². The molecule has 0 radical (unpaired) electrons. The zero-order valence-electron chi connectivity index (χ0n) is 13.0. The minimum Gasteiger partial charge on any atom is -0.341 e. The second kappa shape index (κ2) is 8.19. The maximum absolute atomic E-state index is 12.3. The van der Waals surface area contributed by atoms with Crippen LogP contribution < -0.4 is 0 Å². The molecule has 0 atom stereocenters. The summed E-state index contributed by atoms with van der Waals surface area (Å²) in [5.41, 5.74) is 2.81. The molecule has 0 bridgehead atoms. The number of carbonyl (C=O) groups excluding carboxylic acids is 1. The highest BCUT2D eigenvalue weighted by atomic mass is 79.9. The Bertz CT molecular complexity index is 738. The molecule has 0 unspecified atom stereocenters. The van der Waals surface area contributed by atoms with Crippen LogP contribution in [0.3, 0.4) is 0 Å². The second-order valence-electron chi connectivity index (χ2n) is 5.26. The van der Waals surface area contributed by atoms with Crippen molar-refractivity contribution in [2.45, 2.75) is 18.4 Å². The van der Waals surface area contributed by atoms with Gasteiger partial charge in [0.2, 0.25) is 5.91 Å². The minimum absolute atomic E-state index is 0.0849. The van der Waals surface area contributed by atoms with Crippen molar-refractivity contribution in [1.82, 2.24) is 4.90 Å². The fourth-order valence-electron chi connectivity index (χ4n) is 2.07. The Hall–Kier alpha value is -1.77. The average molecular weight is 389 g/mol. The number of benzene rings is 2. The summed E-state index contributed by atoms with van der Waals surface area (Å²) in [5.74, 6) is 0.497. The number of hydrogen-bond donors (Lipinski definition) is 0. The van der Waals surface area contributed by atoms with Gasteiger partial charge in [-0.3, -0.25) is 4.79 Å². The first-order chi connectivity index (χ1) is 11.0. The summed E-state index contributed by atoms with van der Waals surface area (Å²) in [7, 11) is 1.80. The fraction of sp³-hybridized carbons (Fsp3) is 0.222. The number of nitrogens with zero attached hydrogens (tertiary/aromatic N) is 2. The van der Waals surface area contributed by atoms with Crippen LogP contribution in [0, 0.1) is 18.3 Å². The molecule has 2 aromatic carbocycles. The van der Waals surface area contributed by atoms with E-state index < -0.39 is 0 Å². The highest BCUT2D eigenvalue weighted by Gasteiger charge is 2.11. The molecule has 0 heterocycles. The van der Waals surface area contributed by atoms with Crippen molar-refractivity contribution in [1.29, 1.82) is 5.26 Å². The van der Waals surface area contributed by atoms with Gasteiger partial charge in [-0.2, -0.15) is 5.26 Å². The highest BCUT2D eigenvalue weighted by Crippen LogP contribution is 2.25. The minimum atomic E-state index is 0.0849. The third-order valence-electron chi connectivity index (χ3n) is 3.42. The maximum Gasteiger partial charge on any atom is 0.232 e. The van der Waals surface area contributed by atoms with Crippen molar-refractivity contribution in [3.05, 3.63) is 63.6 Å². The van der Waals surface area contributed by atoms with Crippen molar-refractivity contribution >= 4 is 33.6 Å². The lowest BCUT2D eigenvalue weighted by Gasteiger charge is -2.17. The van der Waals surface area contributed by atoms with Crippen molar-refractivity contribution in [3.63, 3.8) is 0 Å². The van der Waals surface area contributed by atoms with E-state index in [9.17, 15) is 4.79 Å². The lowest BCUT2D eigenvalue weighted by atomic mass is 10.1. The molecular formula is C18H17BrN2OS. The Morgan fingerprint density at radius 1 is 1.26 bits per heavy atom. The molecule has 0 N–H and O–H groups in total. The lowest BCUT2D eigenvalue weighted by Crippen LogP contribution is -2.27. The Kier molecular flexibility index (Phi) is 6.26. The van der Waals surface area contributed by atoms with Crippen molar-refractivity contribution < 1.29 is 4.79 Å². The molecule has 0 saturated heterocycles. The molecule has 0 aliphatic rings. The van der Waals surface area contributed by atoms with Gasteiger partial charge in [0, 0.05) is 23.0 Å². The normalized spacial score (nSPS) is 10.2. The first-order valence-corrected chi connectivity index (χ1v) is 8.89. The van der Waals surface area contributed by atoms with Gasteiger partial charge in [0.15, 0.2) is 0 Å². The monoisotopic (exact) mass is 388 g/mol.